The average molecular weight is 631 g/mol. The summed E-state index contributed by atoms with van der Waals surface area (Å²) in [4.78, 5) is 33.7. The smallest absolute Gasteiger partial charge is 0.264 e. The third-order valence-electron chi connectivity index (χ3n) is 7.56. The summed E-state index contributed by atoms with van der Waals surface area (Å²) in [6.07, 6.45) is 4.60. The lowest BCUT2D eigenvalue weighted by Gasteiger charge is -2.32. The standard InChI is InChI=1S/C33H38N6O5S/c1-6-43-26-17-34-29(35-18-26)19-39-25(14-13-21(2)3)20-44-30-16-28(31-22(4)9-7-10-23(31)5)36-33(37-30)38-45(41,42)27-12-8-11-24(15-27)32(39)40/h7-12,15-18,21,25H,6,13-14,19-20H2,1-5H3,(H,36,37,38)/t25-/m1/s1. The first-order valence-electron chi connectivity index (χ1n) is 15.0. The van der Waals surface area contributed by atoms with E-state index in [1.807, 2.05) is 39.0 Å². The molecule has 4 aromatic rings. The van der Waals surface area contributed by atoms with Crippen molar-refractivity contribution in [2.75, 3.05) is 17.9 Å². The molecule has 236 valence electrons. The monoisotopic (exact) mass is 630 g/mol. The third-order valence-corrected chi connectivity index (χ3v) is 8.89. The second-order valence-corrected chi connectivity index (χ2v) is 13.1. The first-order chi connectivity index (χ1) is 21.5. The zero-order valence-electron chi connectivity index (χ0n) is 26.1. The number of anilines is 1. The lowest BCUT2D eigenvalue weighted by atomic mass is 10.00. The molecular formula is C33H38N6O5S. The van der Waals surface area contributed by atoms with E-state index in [9.17, 15) is 13.2 Å². The van der Waals surface area contributed by atoms with E-state index in [0.29, 0.717) is 36.2 Å². The van der Waals surface area contributed by atoms with E-state index in [0.717, 1.165) is 23.1 Å². The van der Waals surface area contributed by atoms with Gasteiger partial charge in [0.1, 0.15) is 12.4 Å². The predicted octanol–water partition coefficient (Wildman–Crippen LogP) is 5.59. The van der Waals surface area contributed by atoms with Crippen molar-refractivity contribution in [3.63, 3.8) is 0 Å². The van der Waals surface area contributed by atoms with Crippen molar-refractivity contribution in [1.82, 2.24) is 24.8 Å². The van der Waals surface area contributed by atoms with Crippen LogP contribution in [0.3, 0.4) is 0 Å². The molecule has 12 heteroatoms. The van der Waals surface area contributed by atoms with Crippen molar-refractivity contribution in [1.29, 1.82) is 0 Å². The third kappa shape index (κ3) is 7.56. The number of aromatic nitrogens is 4. The summed E-state index contributed by atoms with van der Waals surface area (Å²) in [7, 11) is -4.16. The molecule has 4 bridgehead atoms. The Bertz CT molecular complexity index is 1760. The highest BCUT2D eigenvalue weighted by atomic mass is 32.2. The van der Waals surface area contributed by atoms with E-state index < -0.39 is 16.1 Å². The molecule has 5 rings (SSSR count). The molecule has 1 aliphatic heterocycles. The minimum atomic E-state index is -4.16. The maximum Gasteiger partial charge on any atom is 0.264 e. The highest BCUT2D eigenvalue weighted by Gasteiger charge is 2.29. The van der Waals surface area contributed by atoms with Crippen molar-refractivity contribution >= 4 is 21.9 Å². The van der Waals surface area contributed by atoms with Gasteiger partial charge < -0.3 is 14.4 Å². The first-order valence-corrected chi connectivity index (χ1v) is 16.5. The van der Waals surface area contributed by atoms with Gasteiger partial charge in [0.05, 0.1) is 42.2 Å². The van der Waals surface area contributed by atoms with Gasteiger partial charge in [-0.1, -0.05) is 38.1 Å². The number of sulfonamides is 1. The van der Waals surface area contributed by atoms with Gasteiger partial charge in [-0.25, -0.2) is 28.1 Å². The lowest BCUT2D eigenvalue weighted by Crippen LogP contribution is -2.44. The fraction of sp³-hybridized carbons (Fsp3) is 0.364. The van der Waals surface area contributed by atoms with E-state index in [1.54, 1.807) is 35.5 Å². The Labute approximate surface area is 264 Å². The molecule has 0 unspecified atom stereocenters. The lowest BCUT2D eigenvalue weighted by molar-refractivity contribution is 0.0557. The molecule has 0 saturated carbocycles. The molecule has 2 aromatic carbocycles. The van der Waals surface area contributed by atoms with Gasteiger partial charge in [0, 0.05) is 17.2 Å². The Hall–Kier alpha value is -4.58. The van der Waals surface area contributed by atoms with E-state index in [4.69, 9.17) is 9.47 Å². The minimum absolute atomic E-state index is 0.0786. The molecule has 0 saturated heterocycles. The Balaban J connectivity index is 1.63. The topological polar surface area (TPSA) is 136 Å². The fourth-order valence-electron chi connectivity index (χ4n) is 5.25. The molecule has 45 heavy (non-hydrogen) atoms. The van der Waals surface area contributed by atoms with Crippen LogP contribution in [0.2, 0.25) is 0 Å². The van der Waals surface area contributed by atoms with E-state index in [1.165, 1.54) is 12.1 Å². The molecule has 2 aromatic heterocycles. The maximum atomic E-state index is 14.2. The molecule has 0 aliphatic carbocycles. The molecule has 11 nitrogen and oxygen atoms in total. The molecule has 1 aliphatic rings. The number of carbonyl (C=O) groups is 1. The fourth-order valence-corrected chi connectivity index (χ4v) is 6.24. The number of benzene rings is 2. The van der Waals surface area contributed by atoms with Crippen LogP contribution in [0, 0.1) is 19.8 Å². The summed E-state index contributed by atoms with van der Waals surface area (Å²) in [6.45, 7) is 10.7. The van der Waals surface area contributed by atoms with Crippen LogP contribution in [-0.2, 0) is 16.6 Å². The van der Waals surface area contributed by atoms with Crippen molar-refractivity contribution in [3.05, 3.63) is 83.4 Å². The number of carbonyl (C=O) groups excluding carboxylic acids is 1. The number of fused-ring (bicyclic) bond motifs is 4. The average Bonchev–Trinajstić information content (AvgIpc) is 3.00. The van der Waals surface area contributed by atoms with Crippen LogP contribution in [0.4, 0.5) is 5.95 Å². The van der Waals surface area contributed by atoms with Gasteiger partial charge in [-0.05, 0) is 68.9 Å². The zero-order chi connectivity index (χ0) is 32.1. The number of hydrogen-bond donors (Lipinski definition) is 1. The Morgan fingerprint density at radius 2 is 1.76 bits per heavy atom. The number of hydrogen-bond acceptors (Lipinski definition) is 9. The van der Waals surface area contributed by atoms with Crippen LogP contribution in [0.5, 0.6) is 11.6 Å². The summed E-state index contributed by atoms with van der Waals surface area (Å²) < 4.78 is 41.4. The highest BCUT2D eigenvalue weighted by Crippen LogP contribution is 2.30. The van der Waals surface area contributed by atoms with Gasteiger partial charge in [0.15, 0.2) is 5.75 Å². The largest absolute Gasteiger partial charge is 0.491 e. The summed E-state index contributed by atoms with van der Waals surface area (Å²) in [5.41, 5.74) is 3.53. The number of nitrogens with one attached hydrogen (secondary N) is 1. The Kier molecular flexibility index (Phi) is 9.62. The molecule has 1 N–H and O–H groups in total. The van der Waals surface area contributed by atoms with Crippen molar-refractivity contribution in [2.45, 2.75) is 64.9 Å². The SMILES string of the molecule is CCOc1cnc(CN2C(=O)c3cccc(c3)S(=O)(=O)Nc3nc(cc(-c4c(C)cccc4C)n3)OC[C@H]2CCC(C)C)nc1. The van der Waals surface area contributed by atoms with Gasteiger partial charge >= 0.3 is 0 Å². The van der Waals surface area contributed by atoms with Crippen LogP contribution in [0.15, 0.2) is 65.8 Å². The number of rotatable bonds is 8. The van der Waals surface area contributed by atoms with E-state index in [2.05, 4.69) is 38.5 Å². The van der Waals surface area contributed by atoms with Crippen LogP contribution in [-0.4, -0.2) is 58.4 Å². The van der Waals surface area contributed by atoms with Gasteiger partial charge in [0.2, 0.25) is 11.8 Å². The summed E-state index contributed by atoms with van der Waals surface area (Å²) in [5.74, 6) is 1.01. The molecule has 0 spiro atoms. The first kappa shape index (κ1) is 31.8. The summed E-state index contributed by atoms with van der Waals surface area (Å²) >= 11 is 0. The van der Waals surface area contributed by atoms with Crippen LogP contribution in [0.1, 0.15) is 60.9 Å². The molecule has 1 amide bonds. The highest BCUT2D eigenvalue weighted by molar-refractivity contribution is 7.92. The van der Waals surface area contributed by atoms with E-state index in [-0.39, 0.29) is 41.3 Å². The number of nitrogens with zero attached hydrogens (tertiary/aromatic N) is 5. The van der Waals surface area contributed by atoms with Crippen molar-refractivity contribution < 1.29 is 22.7 Å². The minimum Gasteiger partial charge on any atom is -0.491 e. The summed E-state index contributed by atoms with van der Waals surface area (Å²) in [6, 6.07) is 13.1. The molecule has 3 heterocycles. The second-order valence-electron chi connectivity index (χ2n) is 11.5. The number of ether oxygens (including phenoxy) is 2. The van der Waals surface area contributed by atoms with Crippen LogP contribution >= 0.6 is 0 Å². The Morgan fingerprint density at radius 1 is 1.04 bits per heavy atom. The van der Waals surface area contributed by atoms with Crippen molar-refractivity contribution in [2.24, 2.45) is 5.92 Å². The van der Waals surface area contributed by atoms with Crippen LogP contribution < -0.4 is 14.2 Å². The maximum absolute atomic E-state index is 14.2. The van der Waals surface area contributed by atoms with Crippen molar-refractivity contribution in [3.8, 4) is 22.9 Å². The van der Waals surface area contributed by atoms with Gasteiger partial charge in [-0.3, -0.25) is 4.79 Å². The van der Waals surface area contributed by atoms with Gasteiger partial charge in [0.25, 0.3) is 15.9 Å². The summed E-state index contributed by atoms with van der Waals surface area (Å²) in [5, 5.41) is 0. The quantitative estimate of drug-likeness (QED) is 0.264. The number of amides is 1. The molecular weight excluding hydrogens is 592 g/mol. The second kappa shape index (κ2) is 13.6. The van der Waals surface area contributed by atoms with Gasteiger partial charge in [-0.2, -0.15) is 4.98 Å². The molecule has 0 radical (unpaired) electrons. The Morgan fingerprint density at radius 3 is 2.44 bits per heavy atom. The van der Waals surface area contributed by atoms with Crippen LogP contribution in [0.25, 0.3) is 11.3 Å². The zero-order valence-corrected chi connectivity index (χ0v) is 27.0. The normalized spacial score (nSPS) is 16.2. The molecule has 1 atom stereocenters. The van der Waals surface area contributed by atoms with E-state index >= 15 is 0 Å². The van der Waals surface area contributed by atoms with Gasteiger partial charge in [-0.15, -0.1) is 0 Å². The predicted molar refractivity (Wildman–Crippen MR) is 171 cm³/mol. The molecule has 0 fully saturated rings. The number of aryl methyl sites for hydroxylation is 2.